The van der Waals surface area contributed by atoms with Crippen LogP contribution in [0.2, 0.25) is 0 Å². The van der Waals surface area contributed by atoms with Gasteiger partial charge in [-0.3, -0.25) is 9.78 Å². The van der Waals surface area contributed by atoms with E-state index >= 15 is 0 Å². The minimum Gasteiger partial charge on any atom is -0.494 e. The predicted molar refractivity (Wildman–Crippen MR) is 108 cm³/mol. The largest absolute Gasteiger partial charge is 0.494 e. The van der Waals surface area contributed by atoms with E-state index in [1.54, 1.807) is 6.20 Å². The highest BCUT2D eigenvalue weighted by molar-refractivity contribution is 5.76. The van der Waals surface area contributed by atoms with E-state index in [9.17, 15) is 9.90 Å². The van der Waals surface area contributed by atoms with Gasteiger partial charge in [0.2, 0.25) is 0 Å². The second-order valence-electron chi connectivity index (χ2n) is 7.20. The van der Waals surface area contributed by atoms with Crippen molar-refractivity contribution < 1.29 is 14.6 Å². The molecule has 1 aliphatic heterocycles. The number of aliphatic carboxylic acids is 1. The van der Waals surface area contributed by atoms with Crippen LogP contribution in [-0.4, -0.2) is 40.7 Å². The molecule has 1 N–H and O–H groups in total. The number of ether oxygens (including phenoxy) is 1. The van der Waals surface area contributed by atoms with E-state index in [4.69, 9.17) is 4.74 Å². The van der Waals surface area contributed by atoms with Crippen LogP contribution in [0.5, 0.6) is 5.75 Å². The number of piperidine rings is 1. The SMILES string of the molecule is O=C(O)C1(CCOc2ccccc2)CCN(c2cnc3ccccc3n2)CC1. The van der Waals surface area contributed by atoms with Crippen LogP contribution in [0.25, 0.3) is 11.0 Å². The number of hydrogen-bond acceptors (Lipinski definition) is 5. The zero-order valence-corrected chi connectivity index (χ0v) is 15.6. The molecule has 1 saturated heterocycles. The van der Waals surface area contributed by atoms with Gasteiger partial charge in [-0.05, 0) is 43.5 Å². The Morgan fingerprint density at radius 3 is 2.43 bits per heavy atom. The van der Waals surface area contributed by atoms with Crippen LogP contribution >= 0.6 is 0 Å². The smallest absolute Gasteiger partial charge is 0.309 e. The first-order valence-electron chi connectivity index (χ1n) is 9.54. The normalized spacial score (nSPS) is 16.1. The lowest BCUT2D eigenvalue weighted by molar-refractivity contribution is -0.151. The maximum atomic E-state index is 12.0. The summed E-state index contributed by atoms with van der Waals surface area (Å²) in [5, 5.41) is 9.88. The van der Waals surface area contributed by atoms with Gasteiger partial charge in [-0.15, -0.1) is 0 Å². The lowest BCUT2D eigenvalue weighted by atomic mass is 9.76. The molecule has 28 heavy (non-hydrogen) atoms. The third-order valence-corrected chi connectivity index (χ3v) is 5.53. The highest BCUT2D eigenvalue weighted by Crippen LogP contribution is 2.37. The van der Waals surface area contributed by atoms with Crippen molar-refractivity contribution in [3.05, 3.63) is 60.8 Å². The number of rotatable bonds is 6. The highest BCUT2D eigenvalue weighted by Gasteiger charge is 2.41. The number of hydrogen-bond donors (Lipinski definition) is 1. The molecule has 0 unspecified atom stereocenters. The molecule has 0 saturated carbocycles. The first-order chi connectivity index (χ1) is 13.7. The monoisotopic (exact) mass is 377 g/mol. The molecule has 1 aliphatic rings. The van der Waals surface area contributed by atoms with Crippen molar-refractivity contribution in [2.24, 2.45) is 5.41 Å². The molecule has 0 spiro atoms. The number of carboxylic acids is 1. The van der Waals surface area contributed by atoms with Crippen LogP contribution in [0, 0.1) is 5.41 Å². The average Bonchev–Trinajstić information content (AvgIpc) is 2.74. The van der Waals surface area contributed by atoms with Crippen molar-refractivity contribution >= 4 is 22.8 Å². The summed E-state index contributed by atoms with van der Waals surface area (Å²) in [5.41, 5.74) is 0.961. The van der Waals surface area contributed by atoms with Gasteiger partial charge in [0.1, 0.15) is 11.6 Å². The lowest BCUT2D eigenvalue weighted by Gasteiger charge is -2.39. The number of nitrogens with zero attached hydrogens (tertiary/aromatic N) is 3. The number of benzene rings is 2. The van der Waals surface area contributed by atoms with Crippen LogP contribution in [0.3, 0.4) is 0 Å². The van der Waals surface area contributed by atoms with Gasteiger partial charge in [-0.25, -0.2) is 4.98 Å². The summed E-state index contributed by atoms with van der Waals surface area (Å²) in [6.45, 7) is 1.68. The highest BCUT2D eigenvalue weighted by atomic mass is 16.5. The summed E-state index contributed by atoms with van der Waals surface area (Å²) in [6, 6.07) is 17.3. The fourth-order valence-corrected chi connectivity index (χ4v) is 3.72. The van der Waals surface area contributed by atoms with Gasteiger partial charge in [-0.1, -0.05) is 30.3 Å². The van der Waals surface area contributed by atoms with Gasteiger partial charge in [0.05, 0.1) is 29.3 Å². The number of aromatic nitrogens is 2. The molecule has 0 radical (unpaired) electrons. The maximum absolute atomic E-state index is 12.0. The second-order valence-corrected chi connectivity index (χ2v) is 7.20. The Morgan fingerprint density at radius 2 is 1.71 bits per heavy atom. The van der Waals surface area contributed by atoms with Gasteiger partial charge in [-0.2, -0.15) is 0 Å². The fraction of sp³-hybridized carbons (Fsp3) is 0.318. The van der Waals surface area contributed by atoms with E-state index in [2.05, 4.69) is 14.9 Å². The summed E-state index contributed by atoms with van der Waals surface area (Å²) >= 11 is 0. The molecule has 1 fully saturated rings. The van der Waals surface area contributed by atoms with Gasteiger partial charge in [0, 0.05) is 13.1 Å². The average molecular weight is 377 g/mol. The van der Waals surface area contributed by atoms with E-state index < -0.39 is 11.4 Å². The molecule has 0 bridgehead atoms. The summed E-state index contributed by atoms with van der Waals surface area (Å²) in [6.07, 6.45) is 3.40. The van der Waals surface area contributed by atoms with Crippen molar-refractivity contribution in [1.82, 2.24) is 9.97 Å². The molecule has 1 aromatic heterocycles. The Hall–Kier alpha value is -3.15. The molecule has 0 amide bonds. The third-order valence-electron chi connectivity index (χ3n) is 5.53. The van der Waals surface area contributed by atoms with Gasteiger partial charge >= 0.3 is 5.97 Å². The molecule has 0 atom stereocenters. The summed E-state index contributed by atoms with van der Waals surface area (Å²) < 4.78 is 5.74. The van der Waals surface area contributed by atoms with Crippen LogP contribution in [0.1, 0.15) is 19.3 Å². The molecule has 0 aliphatic carbocycles. The molecule has 2 heterocycles. The maximum Gasteiger partial charge on any atom is 0.309 e. The number of fused-ring (bicyclic) bond motifs is 1. The minimum atomic E-state index is -0.754. The van der Waals surface area contributed by atoms with E-state index in [1.165, 1.54) is 0 Å². The molecule has 2 aromatic carbocycles. The quantitative estimate of drug-likeness (QED) is 0.705. The molecule has 144 valence electrons. The van der Waals surface area contributed by atoms with E-state index in [0.29, 0.717) is 39.0 Å². The van der Waals surface area contributed by atoms with Crippen molar-refractivity contribution in [3.8, 4) is 5.75 Å². The molecule has 6 heteroatoms. The van der Waals surface area contributed by atoms with Crippen LogP contribution in [0.15, 0.2) is 60.8 Å². The molecular formula is C22H23N3O3. The molecule has 4 rings (SSSR count). The van der Waals surface area contributed by atoms with Crippen molar-refractivity contribution in [2.45, 2.75) is 19.3 Å². The Bertz CT molecular complexity index is 953. The van der Waals surface area contributed by atoms with Crippen molar-refractivity contribution in [2.75, 3.05) is 24.6 Å². The third kappa shape index (κ3) is 3.76. The summed E-state index contributed by atoms with van der Waals surface area (Å²) in [4.78, 5) is 23.3. The number of carbonyl (C=O) groups is 1. The standard InChI is InChI=1S/C22H23N3O3/c26-21(27)22(12-15-28-17-6-2-1-3-7-17)10-13-25(14-11-22)20-16-23-18-8-4-5-9-19(18)24-20/h1-9,16H,10-15H2,(H,26,27). The van der Waals surface area contributed by atoms with E-state index in [0.717, 1.165) is 22.6 Å². The van der Waals surface area contributed by atoms with Crippen LogP contribution in [-0.2, 0) is 4.79 Å². The Kier molecular flexibility index (Phi) is 5.10. The first kappa shape index (κ1) is 18.2. The van der Waals surface area contributed by atoms with Crippen LogP contribution in [0.4, 0.5) is 5.82 Å². The van der Waals surface area contributed by atoms with Crippen LogP contribution < -0.4 is 9.64 Å². The zero-order valence-electron chi connectivity index (χ0n) is 15.6. The Labute approximate surface area is 163 Å². The zero-order chi connectivity index (χ0) is 19.4. The molecule has 3 aromatic rings. The molecular weight excluding hydrogens is 354 g/mol. The lowest BCUT2D eigenvalue weighted by Crippen LogP contribution is -2.45. The topological polar surface area (TPSA) is 75.6 Å². The van der Waals surface area contributed by atoms with Gasteiger partial charge in [0.25, 0.3) is 0 Å². The van der Waals surface area contributed by atoms with E-state index in [-0.39, 0.29) is 0 Å². The van der Waals surface area contributed by atoms with Crippen molar-refractivity contribution in [1.29, 1.82) is 0 Å². The Balaban J connectivity index is 1.41. The predicted octanol–water partition coefficient (Wildman–Crippen LogP) is 3.77. The summed E-state index contributed by atoms with van der Waals surface area (Å²) in [5.74, 6) is 0.832. The van der Waals surface area contributed by atoms with Crippen molar-refractivity contribution in [3.63, 3.8) is 0 Å². The first-order valence-corrected chi connectivity index (χ1v) is 9.54. The number of anilines is 1. The second kappa shape index (κ2) is 7.84. The van der Waals surface area contributed by atoms with Gasteiger partial charge < -0.3 is 14.7 Å². The van der Waals surface area contributed by atoms with E-state index in [1.807, 2.05) is 54.6 Å². The van der Waals surface area contributed by atoms with Gasteiger partial charge in [0.15, 0.2) is 0 Å². The Morgan fingerprint density at radius 1 is 1.04 bits per heavy atom. The summed E-state index contributed by atoms with van der Waals surface area (Å²) in [7, 11) is 0. The molecule has 6 nitrogen and oxygen atoms in total. The fourth-order valence-electron chi connectivity index (χ4n) is 3.72. The minimum absolute atomic E-state index is 0.395. The number of carboxylic acid groups (broad SMARTS) is 1. The number of para-hydroxylation sites is 3.